The molecule has 0 amide bonds. The van der Waals surface area contributed by atoms with Gasteiger partial charge in [-0.05, 0) is 44.7 Å². The SMILES string of the molecule is CNCCC(C)C1CCCC(S(C)(=O)=O)C1. The van der Waals surface area contributed by atoms with Crippen LogP contribution < -0.4 is 5.32 Å². The van der Waals surface area contributed by atoms with E-state index >= 15 is 0 Å². The average Bonchev–Trinajstić information content (AvgIpc) is 2.25. The Bertz CT molecular complexity index is 300. The van der Waals surface area contributed by atoms with E-state index in [1.54, 1.807) is 0 Å². The molecule has 1 fully saturated rings. The quantitative estimate of drug-likeness (QED) is 0.806. The predicted molar refractivity (Wildman–Crippen MR) is 68.3 cm³/mol. The second-order valence-electron chi connectivity index (χ2n) is 5.25. The fraction of sp³-hybridized carbons (Fsp3) is 1.00. The molecule has 1 aliphatic carbocycles. The van der Waals surface area contributed by atoms with Crippen molar-refractivity contribution in [1.82, 2.24) is 5.32 Å². The van der Waals surface area contributed by atoms with Crippen molar-refractivity contribution in [1.29, 1.82) is 0 Å². The van der Waals surface area contributed by atoms with E-state index in [4.69, 9.17) is 0 Å². The molecular formula is C12H25NO2S. The molecule has 0 spiro atoms. The first kappa shape index (κ1) is 14.0. The highest BCUT2D eigenvalue weighted by atomic mass is 32.2. The minimum absolute atomic E-state index is 0.0803. The van der Waals surface area contributed by atoms with E-state index in [2.05, 4.69) is 12.2 Å². The molecule has 0 aromatic rings. The Labute approximate surface area is 99.9 Å². The lowest BCUT2D eigenvalue weighted by Crippen LogP contribution is -2.31. The van der Waals surface area contributed by atoms with Crippen LogP contribution in [0.3, 0.4) is 0 Å². The van der Waals surface area contributed by atoms with Gasteiger partial charge >= 0.3 is 0 Å². The van der Waals surface area contributed by atoms with Gasteiger partial charge in [-0.2, -0.15) is 0 Å². The summed E-state index contributed by atoms with van der Waals surface area (Å²) in [7, 11) is -0.863. The first-order chi connectivity index (χ1) is 7.45. The van der Waals surface area contributed by atoms with Gasteiger partial charge in [0.15, 0.2) is 0 Å². The van der Waals surface area contributed by atoms with Gasteiger partial charge in [0.2, 0.25) is 0 Å². The van der Waals surface area contributed by atoms with Crippen LogP contribution in [0.5, 0.6) is 0 Å². The summed E-state index contributed by atoms with van der Waals surface area (Å²) in [6.45, 7) is 3.29. The maximum absolute atomic E-state index is 11.6. The molecule has 0 bridgehead atoms. The molecule has 0 heterocycles. The van der Waals surface area contributed by atoms with Gasteiger partial charge in [0.1, 0.15) is 9.84 Å². The summed E-state index contributed by atoms with van der Waals surface area (Å²) >= 11 is 0. The lowest BCUT2D eigenvalue weighted by atomic mass is 9.79. The van der Waals surface area contributed by atoms with Gasteiger partial charge < -0.3 is 5.32 Å². The van der Waals surface area contributed by atoms with Crippen LogP contribution in [0.4, 0.5) is 0 Å². The van der Waals surface area contributed by atoms with Crippen LogP contribution in [0.2, 0.25) is 0 Å². The average molecular weight is 247 g/mol. The topological polar surface area (TPSA) is 46.2 Å². The van der Waals surface area contributed by atoms with E-state index in [-0.39, 0.29) is 5.25 Å². The third kappa shape index (κ3) is 4.06. The summed E-state index contributed by atoms with van der Waals surface area (Å²) in [5.74, 6) is 1.24. The van der Waals surface area contributed by atoms with Gasteiger partial charge in [0, 0.05) is 6.26 Å². The molecule has 4 heteroatoms. The van der Waals surface area contributed by atoms with Crippen molar-refractivity contribution in [3.05, 3.63) is 0 Å². The molecule has 1 rings (SSSR count). The van der Waals surface area contributed by atoms with Crippen LogP contribution in [0, 0.1) is 11.8 Å². The first-order valence-electron chi connectivity index (χ1n) is 6.28. The van der Waals surface area contributed by atoms with Gasteiger partial charge in [-0.25, -0.2) is 8.42 Å². The van der Waals surface area contributed by atoms with E-state index in [0.29, 0.717) is 11.8 Å². The Balaban J connectivity index is 2.50. The summed E-state index contributed by atoms with van der Waals surface area (Å²) in [6.07, 6.45) is 6.57. The van der Waals surface area contributed by atoms with Crippen molar-refractivity contribution in [2.75, 3.05) is 19.8 Å². The smallest absolute Gasteiger partial charge is 0.150 e. The zero-order valence-electron chi connectivity index (χ0n) is 10.7. The Hall–Kier alpha value is -0.0900. The number of hydrogen-bond acceptors (Lipinski definition) is 3. The Morgan fingerprint density at radius 1 is 1.38 bits per heavy atom. The number of sulfone groups is 1. The zero-order chi connectivity index (χ0) is 12.2. The largest absolute Gasteiger partial charge is 0.320 e. The zero-order valence-corrected chi connectivity index (χ0v) is 11.5. The Morgan fingerprint density at radius 3 is 2.62 bits per heavy atom. The van der Waals surface area contributed by atoms with Crippen LogP contribution in [0.25, 0.3) is 0 Å². The second kappa shape index (κ2) is 6.01. The molecule has 3 atom stereocenters. The van der Waals surface area contributed by atoms with Crippen molar-refractivity contribution in [3.63, 3.8) is 0 Å². The molecule has 96 valence electrons. The standard InChI is InChI=1S/C12H25NO2S/c1-10(7-8-13-2)11-5-4-6-12(9-11)16(3,14)15/h10-13H,4-9H2,1-3H3. The van der Waals surface area contributed by atoms with Crippen LogP contribution in [-0.4, -0.2) is 33.5 Å². The number of nitrogens with one attached hydrogen (secondary N) is 1. The van der Waals surface area contributed by atoms with Crippen LogP contribution >= 0.6 is 0 Å². The minimum Gasteiger partial charge on any atom is -0.320 e. The van der Waals surface area contributed by atoms with Crippen molar-refractivity contribution >= 4 is 9.84 Å². The van der Waals surface area contributed by atoms with Gasteiger partial charge in [-0.15, -0.1) is 0 Å². The molecule has 1 saturated carbocycles. The molecule has 3 unspecified atom stereocenters. The van der Waals surface area contributed by atoms with Crippen molar-refractivity contribution in [2.24, 2.45) is 11.8 Å². The summed E-state index contributed by atoms with van der Waals surface area (Å²) < 4.78 is 23.1. The summed E-state index contributed by atoms with van der Waals surface area (Å²) in [5.41, 5.74) is 0. The van der Waals surface area contributed by atoms with Crippen LogP contribution in [0.15, 0.2) is 0 Å². The highest BCUT2D eigenvalue weighted by Gasteiger charge is 2.31. The third-order valence-electron chi connectivity index (χ3n) is 3.93. The maximum atomic E-state index is 11.6. The molecule has 0 aromatic heterocycles. The summed E-state index contributed by atoms with van der Waals surface area (Å²) in [6, 6.07) is 0. The Kier molecular flexibility index (Phi) is 5.25. The lowest BCUT2D eigenvalue weighted by molar-refractivity contribution is 0.253. The van der Waals surface area contributed by atoms with Gasteiger partial charge in [-0.3, -0.25) is 0 Å². The van der Waals surface area contributed by atoms with Gasteiger partial charge in [-0.1, -0.05) is 19.8 Å². The second-order valence-corrected chi connectivity index (χ2v) is 7.57. The third-order valence-corrected chi connectivity index (χ3v) is 5.57. The van der Waals surface area contributed by atoms with E-state index in [1.165, 1.54) is 12.7 Å². The molecule has 1 aliphatic rings. The Morgan fingerprint density at radius 2 is 2.06 bits per heavy atom. The summed E-state index contributed by atoms with van der Waals surface area (Å²) in [5, 5.41) is 3.08. The first-order valence-corrected chi connectivity index (χ1v) is 8.24. The van der Waals surface area contributed by atoms with Crippen LogP contribution in [0.1, 0.15) is 39.0 Å². The molecule has 0 saturated heterocycles. The van der Waals surface area contributed by atoms with Crippen molar-refractivity contribution in [3.8, 4) is 0 Å². The molecule has 0 aliphatic heterocycles. The fourth-order valence-corrected chi connectivity index (χ4v) is 3.89. The van der Waals surface area contributed by atoms with E-state index < -0.39 is 9.84 Å². The molecule has 1 N–H and O–H groups in total. The molecule has 0 radical (unpaired) electrons. The minimum atomic E-state index is -2.83. The monoisotopic (exact) mass is 247 g/mol. The lowest BCUT2D eigenvalue weighted by Gasteiger charge is -2.32. The molecule has 3 nitrogen and oxygen atoms in total. The normalized spacial score (nSPS) is 28.9. The fourth-order valence-electron chi connectivity index (χ4n) is 2.69. The molecule has 0 aromatic carbocycles. The van der Waals surface area contributed by atoms with E-state index in [9.17, 15) is 8.42 Å². The number of hydrogen-bond donors (Lipinski definition) is 1. The highest BCUT2D eigenvalue weighted by molar-refractivity contribution is 7.91. The van der Waals surface area contributed by atoms with Crippen LogP contribution in [-0.2, 0) is 9.84 Å². The molecule has 16 heavy (non-hydrogen) atoms. The maximum Gasteiger partial charge on any atom is 0.150 e. The predicted octanol–water partition coefficient (Wildman–Crippen LogP) is 1.84. The van der Waals surface area contributed by atoms with Crippen molar-refractivity contribution in [2.45, 2.75) is 44.3 Å². The highest BCUT2D eigenvalue weighted by Crippen LogP contribution is 2.34. The number of rotatable bonds is 5. The van der Waals surface area contributed by atoms with E-state index in [1.807, 2.05) is 7.05 Å². The molecular weight excluding hydrogens is 222 g/mol. The van der Waals surface area contributed by atoms with Gasteiger partial charge in [0.05, 0.1) is 5.25 Å². The van der Waals surface area contributed by atoms with Crippen molar-refractivity contribution < 1.29 is 8.42 Å². The van der Waals surface area contributed by atoms with E-state index in [0.717, 1.165) is 32.2 Å². The van der Waals surface area contributed by atoms with Gasteiger partial charge in [0.25, 0.3) is 0 Å². The summed E-state index contributed by atoms with van der Waals surface area (Å²) in [4.78, 5) is 0.